The second kappa shape index (κ2) is 6.67. The van der Waals surface area contributed by atoms with Crippen LogP contribution < -0.4 is 5.32 Å². The Kier molecular flexibility index (Phi) is 4.00. The molecule has 0 radical (unpaired) electrons. The van der Waals surface area contributed by atoms with Crippen molar-refractivity contribution in [3.8, 4) is 11.5 Å². The number of aromatic nitrogens is 5. The Bertz CT molecular complexity index is 1110. The largest absolute Gasteiger partial charge is 0.420 e. The number of hydrogen-bond donors (Lipinski definition) is 1. The Balaban J connectivity index is 1.31. The van der Waals surface area contributed by atoms with Gasteiger partial charge in [-0.05, 0) is 75.5 Å². The highest BCUT2D eigenvalue weighted by Crippen LogP contribution is 2.62. The molecule has 158 valence electrons. The molecule has 4 bridgehead atoms. The molecule has 3 heterocycles. The van der Waals surface area contributed by atoms with Crippen LogP contribution in [0.4, 0.5) is 0 Å². The second-order valence-corrected chi connectivity index (χ2v) is 9.67. The van der Waals surface area contributed by atoms with Gasteiger partial charge in [-0.25, -0.2) is 9.97 Å². The standard InChI is InChI=1S/C23H24N6O2/c1-14-2-3-17(11-25-14)20-28-29-21(31-20)22-7-15-6-16(8-22)10-23(9-15,12-22)27-19(30)18-4-5-24-13-26-18/h2-5,11,13,15-16H,6-10,12H2,1H3,(H,27,30). The summed E-state index contributed by atoms with van der Waals surface area (Å²) in [7, 11) is 0. The predicted octanol–water partition coefficient (Wildman–Crippen LogP) is 3.25. The van der Waals surface area contributed by atoms with Crippen LogP contribution in [0.5, 0.6) is 0 Å². The van der Waals surface area contributed by atoms with Crippen LogP contribution in [0.2, 0.25) is 0 Å². The summed E-state index contributed by atoms with van der Waals surface area (Å²) in [5, 5.41) is 12.2. The summed E-state index contributed by atoms with van der Waals surface area (Å²) in [4.78, 5) is 25.3. The molecule has 4 fully saturated rings. The Morgan fingerprint density at radius 2 is 1.94 bits per heavy atom. The number of nitrogens with one attached hydrogen (secondary N) is 1. The molecule has 1 amide bonds. The van der Waals surface area contributed by atoms with E-state index in [-0.39, 0.29) is 16.9 Å². The molecule has 4 saturated carbocycles. The van der Waals surface area contributed by atoms with Gasteiger partial charge in [-0.1, -0.05) is 0 Å². The second-order valence-electron chi connectivity index (χ2n) is 9.67. The van der Waals surface area contributed by atoms with Crippen LogP contribution >= 0.6 is 0 Å². The van der Waals surface area contributed by atoms with Crippen molar-refractivity contribution in [2.24, 2.45) is 11.8 Å². The minimum absolute atomic E-state index is 0.128. The lowest BCUT2D eigenvalue weighted by Crippen LogP contribution is -2.64. The summed E-state index contributed by atoms with van der Waals surface area (Å²) < 4.78 is 6.23. The lowest BCUT2D eigenvalue weighted by molar-refractivity contribution is -0.0471. The van der Waals surface area contributed by atoms with E-state index in [1.54, 1.807) is 18.5 Å². The van der Waals surface area contributed by atoms with Crippen LogP contribution in [-0.4, -0.2) is 36.6 Å². The summed E-state index contributed by atoms with van der Waals surface area (Å²) >= 11 is 0. The minimum atomic E-state index is -0.244. The smallest absolute Gasteiger partial charge is 0.270 e. The Morgan fingerprint density at radius 1 is 1.10 bits per heavy atom. The van der Waals surface area contributed by atoms with Crippen molar-refractivity contribution in [2.45, 2.75) is 56.4 Å². The monoisotopic (exact) mass is 416 g/mol. The highest BCUT2D eigenvalue weighted by atomic mass is 16.4. The first kappa shape index (κ1) is 18.6. The summed E-state index contributed by atoms with van der Waals surface area (Å²) in [6.45, 7) is 1.95. The molecule has 4 aliphatic carbocycles. The van der Waals surface area contributed by atoms with E-state index in [2.05, 4.69) is 30.5 Å². The maximum absolute atomic E-state index is 12.9. The number of carbonyl (C=O) groups excluding carboxylic acids is 1. The maximum Gasteiger partial charge on any atom is 0.270 e. The van der Waals surface area contributed by atoms with Gasteiger partial charge in [0.15, 0.2) is 0 Å². The number of rotatable bonds is 4. The van der Waals surface area contributed by atoms with Gasteiger partial charge in [0.2, 0.25) is 11.8 Å². The highest BCUT2D eigenvalue weighted by molar-refractivity contribution is 5.92. The zero-order valence-corrected chi connectivity index (χ0v) is 17.4. The zero-order chi connectivity index (χ0) is 21.1. The first-order chi connectivity index (χ1) is 15.0. The lowest BCUT2D eigenvalue weighted by Gasteiger charge is -2.60. The van der Waals surface area contributed by atoms with Crippen molar-refractivity contribution >= 4 is 5.91 Å². The number of hydrogen-bond acceptors (Lipinski definition) is 7. The fourth-order valence-corrected chi connectivity index (χ4v) is 6.54. The van der Waals surface area contributed by atoms with E-state index < -0.39 is 0 Å². The SMILES string of the molecule is Cc1ccc(-c2nnc(C34CC5CC(CC(NC(=O)c6ccncn6)(C5)C3)C4)o2)cn1. The number of pyridine rings is 1. The summed E-state index contributed by atoms with van der Waals surface area (Å²) in [5.74, 6) is 2.21. The topological polar surface area (TPSA) is 107 Å². The molecule has 0 aromatic carbocycles. The van der Waals surface area contributed by atoms with E-state index in [0.29, 0.717) is 29.3 Å². The van der Waals surface area contributed by atoms with Gasteiger partial charge in [-0.2, -0.15) is 0 Å². The molecular weight excluding hydrogens is 392 g/mol. The summed E-state index contributed by atoms with van der Waals surface area (Å²) in [6.07, 6.45) is 10.9. The van der Waals surface area contributed by atoms with Gasteiger partial charge in [0.1, 0.15) is 12.0 Å². The van der Waals surface area contributed by atoms with Crippen molar-refractivity contribution < 1.29 is 9.21 Å². The average Bonchev–Trinajstić information content (AvgIpc) is 3.25. The molecule has 8 heteroatoms. The van der Waals surface area contributed by atoms with E-state index in [9.17, 15) is 4.79 Å². The fraction of sp³-hybridized carbons (Fsp3) is 0.478. The molecule has 3 aromatic heterocycles. The molecule has 1 N–H and O–H groups in total. The van der Waals surface area contributed by atoms with E-state index in [1.807, 2.05) is 19.1 Å². The average molecular weight is 416 g/mol. The van der Waals surface area contributed by atoms with Crippen molar-refractivity contribution in [3.63, 3.8) is 0 Å². The first-order valence-corrected chi connectivity index (χ1v) is 10.9. The molecule has 8 nitrogen and oxygen atoms in total. The van der Waals surface area contributed by atoms with Gasteiger partial charge < -0.3 is 9.73 Å². The Hall–Kier alpha value is -3.16. The van der Waals surface area contributed by atoms with Crippen molar-refractivity contribution in [1.29, 1.82) is 0 Å². The minimum Gasteiger partial charge on any atom is -0.420 e. The summed E-state index contributed by atoms with van der Waals surface area (Å²) in [5.41, 5.74) is 1.78. The third-order valence-corrected chi connectivity index (χ3v) is 7.29. The Labute approximate surface area is 179 Å². The first-order valence-electron chi connectivity index (χ1n) is 10.9. The molecule has 0 saturated heterocycles. The van der Waals surface area contributed by atoms with Crippen LogP contribution in [0.25, 0.3) is 11.5 Å². The summed E-state index contributed by atoms with van der Waals surface area (Å²) in [6, 6.07) is 5.57. The third-order valence-electron chi connectivity index (χ3n) is 7.29. The highest BCUT2D eigenvalue weighted by Gasteiger charge is 2.60. The Morgan fingerprint density at radius 3 is 2.65 bits per heavy atom. The van der Waals surface area contributed by atoms with Crippen LogP contribution in [0.1, 0.15) is 60.6 Å². The number of nitrogens with zero attached hydrogens (tertiary/aromatic N) is 5. The van der Waals surface area contributed by atoms with E-state index >= 15 is 0 Å². The predicted molar refractivity (Wildman–Crippen MR) is 111 cm³/mol. The number of aryl methyl sites for hydroxylation is 1. The fourth-order valence-electron chi connectivity index (χ4n) is 6.54. The van der Waals surface area contributed by atoms with E-state index in [0.717, 1.165) is 43.4 Å². The molecule has 0 aliphatic heterocycles. The van der Waals surface area contributed by atoms with E-state index in [4.69, 9.17) is 4.42 Å². The van der Waals surface area contributed by atoms with Crippen LogP contribution in [0.3, 0.4) is 0 Å². The van der Waals surface area contributed by atoms with Gasteiger partial charge >= 0.3 is 0 Å². The van der Waals surface area contributed by atoms with Gasteiger partial charge in [0, 0.05) is 23.6 Å². The van der Waals surface area contributed by atoms with Crippen LogP contribution in [0.15, 0.2) is 41.3 Å². The van der Waals surface area contributed by atoms with Gasteiger partial charge in [-0.3, -0.25) is 9.78 Å². The number of amides is 1. The zero-order valence-electron chi connectivity index (χ0n) is 17.4. The van der Waals surface area contributed by atoms with Crippen molar-refractivity contribution in [1.82, 2.24) is 30.5 Å². The molecule has 2 unspecified atom stereocenters. The van der Waals surface area contributed by atoms with Gasteiger partial charge in [-0.15, -0.1) is 10.2 Å². The van der Waals surface area contributed by atoms with Crippen molar-refractivity contribution in [2.75, 3.05) is 0 Å². The molecule has 3 aromatic rings. The lowest BCUT2D eigenvalue weighted by atomic mass is 9.46. The van der Waals surface area contributed by atoms with Crippen LogP contribution in [0, 0.1) is 18.8 Å². The van der Waals surface area contributed by atoms with Crippen LogP contribution in [-0.2, 0) is 5.41 Å². The maximum atomic E-state index is 12.9. The molecule has 4 aliphatic rings. The quantitative estimate of drug-likeness (QED) is 0.696. The normalized spacial score (nSPS) is 31.0. The third kappa shape index (κ3) is 3.12. The molecule has 7 rings (SSSR count). The van der Waals surface area contributed by atoms with E-state index in [1.165, 1.54) is 12.7 Å². The molecule has 31 heavy (non-hydrogen) atoms. The molecule has 0 spiro atoms. The molecular formula is C23H24N6O2. The molecule has 2 atom stereocenters. The van der Waals surface area contributed by atoms with Gasteiger partial charge in [0.25, 0.3) is 5.91 Å². The van der Waals surface area contributed by atoms with Gasteiger partial charge in [0.05, 0.1) is 11.0 Å². The van der Waals surface area contributed by atoms with Crippen molar-refractivity contribution in [3.05, 3.63) is 54.2 Å². The number of carbonyl (C=O) groups is 1.